The highest BCUT2D eigenvalue weighted by atomic mass is 32.2. The molecule has 0 fully saturated rings. The highest BCUT2D eigenvalue weighted by Gasteiger charge is 2.14. The minimum atomic E-state index is 0.0920. The Morgan fingerprint density at radius 3 is 2.57 bits per heavy atom. The number of rotatable bonds is 6. The summed E-state index contributed by atoms with van der Waals surface area (Å²) >= 11 is 1.83. The molecule has 0 bridgehead atoms. The number of hydrogen-bond donors (Lipinski definition) is 2. The van der Waals surface area contributed by atoms with Crippen LogP contribution in [0.4, 0.5) is 0 Å². The Kier molecular flexibility index (Phi) is 6.74. The van der Waals surface area contributed by atoms with E-state index in [0.29, 0.717) is 11.9 Å². The Morgan fingerprint density at radius 2 is 2.14 bits per heavy atom. The summed E-state index contributed by atoms with van der Waals surface area (Å²) in [6.07, 6.45) is 2.09. The van der Waals surface area contributed by atoms with Crippen molar-refractivity contribution >= 4 is 17.6 Å². The molecule has 0 saturated heterocycles. The molecule has 0 radical (unpaired) electrons. The van der Waals surface area contributed by atoms with Gasteiger partial charge in [0.25, 0.3) is 0 Å². The van der Waals surface area contributed by atoms with Gasteiger partial charge in [0.15, 0.2) is 0 Å². The summed E-state index contributed by atoms with van der Waals surface area (Å²) in [7, 11) is 2.06. The maximum atomic E-state index is 8.50. The Morgan fingerprint density at radius 1 is 1.57 bits per heavy atom. The second-order valence-corrected chi connectivity index (χ2v) is 4.58. The fraction of sp³-hybridized carbons (Fsp3) is 0.889. The summed E-state index contributed by atoms with van der Waals surface area (Å²) in [5.41, 5.74) is 5.51. The van der Waals surface area contributed by atoms with Crippen LogP contribution in [0.15, 0.2) is 5.16 Å². The molecule has 0 aromatic carbocycles. The second-order valence-electron chi connectivity index (χ2n) is 3.67. The van der Waals surface area contributed by atoms with Crippen molar-refractivity contribution in [1.29, 1.82) is 0 Å². The van der Waals surface area contributed by atoms with Crippen molar-refractivity contribution in [1.82, 2.24) is 4.90 Å². The van der Waals surface area contributed by atoms with Gasteiger partial charge in [0, 0.05) is 24.3 Å². The lowest BCUT2D eigenvalue weighted by Crippen LogP contribution is -2.38. The van der Waals surface area contributed by atoms with Crippen LogP contribution in [-0.4, -0.2) is 47.6 Å². The lowest BCUT2D eigenvalue weighted by atomic mass is 10.1. The van der Waals surface area contributed by atoms with E-state index < -0.39 is 0 Å². The van der Waals surface area contributed by atoms with E-state index in [1.165, 1.54) is 0 Å². The summed E-state index contributed by atoms with van der Waals surface area (Å²) < 4.78 is 0. The van der Waals surface area contributed by atoms with E-state index in [1.807, 2.05) is 18.7 Å². The zero-order valence-corrected chi connectivity index (χ0v) is 10.2. The van der Waals surface area contributed by atoms with E-state index in [0.717, 1.165) is 12.3 Å². The van der Waals surface area contributed by atoms with Gasteiger partial charge >= 0.3 is 0 Å². The lowest BCUT2D eigenvalue weighted by Gasteiger charge is -2.26. The van der Waals surface area contributed by atoms with Crippen molar-refractivity contribution in [2.24, 2.45) is 16.8 Å². The number of thioether (sulfide) groups is 1. The zero-order valence-electron chi connectivity index (χ0n) is 9.40. The summed E-state index contributed by atoms with van der Waals surface area (Å²) in [5.74, 6) is 1.49. The predicted molar refractivity (Wildman–Crippen MR) is 63.0 cm³/mol. The normalized spacial score (nSPS) is 17.1. The van der Waals surface area contributed by atoms with E-state index >= 15 is 0 Å². The zero-order chi connectivity index (χ0) is 11.1. The van der Waals surface area contributed by atoms with Gasteiger partial charge in [0.2, 0.25) is 0 Å². The van der Waals surface area contributed by atoms with Gasteiger partial charge in [-0.1, -0.05) is 12.1 Å². The first-order valence-corrected chi connectivity index (χ1v) is 6.08. The van der Waals surface area contributed by atoms with E-state index in [-0.39, 0.29) is 5.92 Å². The first kappa shape index (κ1) is 13.6. The Hall–Kier alpha value is -0.420. The van der Waals surface area contributed by atoms with Crippen molar-refractivity contribution in [2.75, 3.05) is 25.6 Å². The first-order chi connectivity index (χ1) is 6.52. The average molecular weight is 219 g/mol. The minimum absolute atomic E-state index is 0.0920. The molecule has 0 saturated carbocycles. The van der Waals surface area contributed by atoms with Gasteiger partial charge in [0.1, 0.15) is 5.84 Å². The van der Waals surface area contributed by atoms with E-state index in [4.69, 9.17) is 10.9 Å². The number of amidine groups is 1. The summed E-state index contributed by atoms with van der Waals surface area (Å²) in [5, 5.41) is 11.5. The Bertz CT molecular complexity index is 187. The fourth-order valence-electron chi connectivity index (χ4n) is 1.17. The van der Waals surface area contributed by atoms with Gasteiger partial charge in [0.05, 0.1) is 0 Å². The molecular weight excluding hydrogens is 198 g/mol. The van der Waals surface area contributed by atoms with Crippen LogP contribution in [0, 0.1) is 5.92 Å². The van der Waals surface area contributed by atoms with Crippen LogP contribution < -0.4 is 5.73 Å². The topological polar surface area (TPSA) is 61.8 Å². The van der Waals surface area contributed by atoms with Crippen LogP contribution in [0.3, 0.4) is 0 Å². The quantitative estimate of drug-likeness (QED) is 0.303. The SMILES string of the molecule is CSCC(C)N(C)CC(C)C(N)=NO. The van der Waals surface area contributed by atoms with Crippen LogP contribution >= 0.6 is 11.8 Å². The van der Waals surface area contributed by atoms with Gasteiger partial charge in [-0.05, 0) is 20.2 Å². The van der Waals surface area contributed by atoms with Crippen molar-refractivity contribution < 1.29 is 5.21 Å². The van der Waals surface area contributed by atoms with Gasteiger partial charge in [-0.15, -0.1) is 0 Å². The van der Waals surface area contributed by atoms with Gasteiger partial charge in [-0.3, -0.25) is 0 Å². The maximum absolute atomic E-state index is 8.50. The third-order valence-corrected chi connectivity index (χ3v) is 3.16. The molecule has 0 aromatic heterocycles. The molecule has 0 aliphatic carbocycles. The van der Waals surface area contributed by atoms with Crippen LogP contribution in [0.1, 0.15) is 13.8 Å². The third-order valence-electron chi connectivity index (χ3n) is 2.34. The molecule has 0 amide bonds. The molecule has 2 unspecified atom stereocenters. The molecular formula is C9H21N3OS. The summed E-state index contributed by atoms with van der Waals surface area (Å²) in [6.45, 7) is 4.95. The van der Waals surface area contributed by atoms with Crippen molar-refractivity contribution in [2.45, 2.75) is 19.9 Å². The molecule has 84 valence electrons. The number of nitrogens with two attached hydrogens (primary N) is 1. The van der Waals surface area contributed by atoms with Crippen LogP contribution in [-0.2, 0) is 0 Å². The molecule has 0 heterocycles. The molecule has 0 aromatic rings. The number of nitrogens with zero attached hydrogens (tertiary/aromatic N) is 2. The van der Waals surface area contributed by atoms with Gasteiger partial charge < -0.3 is 15.8 Å². The molecule has 2 atom stereocenters. The monoisotopic (exact) mass is 219 g/mol. The molecule has 0 aliphatic rings. The van der Waals surface area contributed by atoms with E-state index in [2.05, 4.69) is 30.3 Å². The van der Waals surface area contributed by atoms with Crippen LogP contribution in [0.5, 0.6) is 0 Å². The van der Waals surface area contributed by atoms with E-state index in [9.17, 15) is 0 Å². The molecule has 0 aliphatic heterocycles. The molecule has 14 heavy (non-hydrogen) atoms. The molecule has 3 N–H and O–H groups in total. The molecule has 4 nitrogen and oxygen atoms in total. The smallest absolute Gasteiger partial charge is 0.143 e. The summed E-state index contributed by atoms with van der Waals surface area (Å²) in [4.78, 5) is 2.22. The third kappa shape index (κ3) is 4.72. The van der Waals surface area contributed by atoms with Crippen molar-refractivity contribution in [3.05, 3.63) is 0 Å². The second kappa shape index (κ2) is 6.95. The highest BCUT2D eigenvalue weighted by molar-refractivity contribution is 7.98. The van der Waals surface area contributed by atoms with Crippen LogP contribution in [0.2, 0.25) is 0 Å². The van der Waals surface area contributed by atoms with E-state index in [1.54, 1.807) is 0 Å². The fourth-order valence-corrected chi connectivity index (χ4v) is 1.91. The molecule has 5 heteroatoms. The minimum Gasteiger partial charge on any atom is -0.409 e. The molecule has 0 spiro atoms. The summed E-state index contributed by atoms with van der Waals surface area (Å²) in [6, 6.07) is 0.513. The van der Waals surface area contributed by atoms with Crippen molar-refractivity contribution in [3.63, 3.8) is 0 Å². The lowest BCUT2D eigenvalue weighted by molar-refractivity contribution is 0.257. The van der Waals surface area contributed by atoms with Gasteiger partial charge in [-0.2, -0.15) is 11.8 Å². The maximum Gasteiger partial charge on any atom is 0.143 e. The predicted octanol–water partition coefficient (Wildman–Crippen LogP) is 1.05. The average Bonchev–Trinajstić information content (AvgIpc) is 2.16. The Balaban J connectivity index is 3.98. The van der Waals surface area contributed by atoms with Crippen molar-refractivity contribution in [3.8, 4) is 0 Å². The highest BCUT2D eigenvalue weighted by Crippen LogP contribution is 2.06. The Labute approximate surface area is 90.5 Å². The number of oxime groups is 1. The standard InChI is InChI=1S/C9H21N3OS/c1-7(9(10)11-13)5-12(3)8(2)6-14-4/h7-8,13H,5-6H2,1-4H3,(H2,10,11). The first-order valence-electron chi connectivity index (χ1n) is 4.69. The largest absolute Gasteiger partial charge is 0.409 e. The number of hydrogen-bond acceptors (Lipinski definition) is 4. The van der Waals surface area contributed by atoms with Crippen LogP contribution in [0.25, 0.3) is 0 Å². The molecule has 0 rings (SSSR count). The van der Waals surface area contributed by atoms with Gasteiger partial charge in [-0.25, -0.2) is 0 Å².